The first kappa shape index (κ1) is 11.3. The van der Waals surface area contributed by atoms with Crippen LogP contribution in [0.3, 0.4) is 0 Å². The summed E-state index contributed by atoms with van der Waals surface area (Å²) >= 11 is 0. The van der Waals surface area contributed by atoms with E-state index in [0.29, 0.717) is 6.04 Å². The highest BCUT2D eigenvalue weighted by Gasteiger charge is 2.40. The number of hydrogen-bond acceptors (Lipinski definition) is 2. The Hall–Kier alpha value is -0.830. The minimum absolute atomic E-state index is 0.445. The molecule has 2 aliphatic carbocycles. The Morgan fingerprint density at radius 1 is 1.47 bits per heavy atom. The summed E-state index contributed by atoms with van der Waals surface area (Å²) in [6.45, 7) is 0. The minimum Gasteiger partial charge on any atom is -0.312 e. The molecule has 0 aliphatic heterocycles. The van der Waals surface area contributed by atoms with Crippen molar-refractivity contribution in [2.24, 2.45) is 24.8 Å². The highest BCUT2D eigenvalue weighted by Crippen LogP contribution is 2.50. The summed E-state index contributed by atoms with van der Waals surface area (Å²) in [5, 5.41) is 7.98. The zero-order valence-corrected chi connectivity index (χ0v) is 10.9. The lowest BCUT2D eigenvalue weighted by atomic mass is 9.83. The second kappa shape index (κ2) is 4.45. The van der Waals surface area contributed by atoms with Crippen LogP contribution < -0.4 is 5.32 Å². The second-order valence-electron chi connectivity index (χ2n) is 5.93. The number of aromatic nitrogens is 2. The van der Waals surface area contributed by atoms with E-state index in [9.17, 15) is 0 Å². The molecule has 2 aliphatic rings. The van der Waals surface area contributed by atoms with Gasteiger partial charge in [0.2, 0.25) is 0 Å². The lowest BCUT2D eigenvalue weighted by molar-refractivity contribution is 0.282. The minimum atomic E-state index is 0.445. The maximum absolute atomic E-state index is 4.54. The summed E-state index contributed by atoms with van der Waals surface area (Å²) < 4.78 is 1.90. The third-order valence-corrected chi connectivity index (χ3v) is 4.86. The van der Waals surface area contributed by atoms with Gasteiger partial charge < -0.3 is 5.32 Å². The molecule has 0 aromatic carbocycles. The summed E-state index contributed by atoms with van der Waals surface area (Å²) in [4.78, 5) is 0. The van der Waals surface area contributed by atoms with E-state index in [1.165, 1.54) is 37.8 Å². The van der Waals surface area contributed by atoms with Gasteiger partial charge in [-0.15, -0.1) is 0 Å². The molecule has 0 saturated heterocycles. The number of hydrogen-bond donors (Lipinski definition) is 1. The third-order valence-electron chi connectivity index (χ3n) is 4.86. The number of nitrogens with zero attached hydrogens (tertiary/aromatic N) is 2. The van der Waals surface area contributed by atoms with Crippen LogP contribution in [-0.4, -0.2) is 16.8 Å². The Morgan fingerprint density at radius 2 is 2.35 bits per heavy atom. The fourth-order valence-electron chi connectivity index (χ4n) is 3.97. The number of nitrogens with one attached hydrogen (secondary N) is 1. The number of aryl methyl sites for hydroxylation is 1. The van der Waals surface area contributed by atoms with Gasteiger partial charge in [0.25, 0.3) is 0 Å². The molecule has 2 bridgehead atoms. The van der Waals surface area contributed by atoms with E-state index in [2.05, 4.69) is 23.5 Å². The Balaban J connectivity index is 1.66. The van der Waals surface area contributed by atoms with Crippen molar-refractivity contribution in [2.75, 3.05) is 7.05 Å². The van der Waals surface area contributed by atoms with E-state index in [0.717, 1.165) is 17.8 Å². The molecule has 2 fully saturated rings. The topological polar surface area (TPSA) is 29.9 Å². The van der Waals surface area contributed by atoms with Crippen LogP contribution in [0.2, 0.25) is 0 Å². The van der Waals surface area contributed by atoms with Crippen molar-refractivity contribution in [3.05, 3.63) is 18.0 Å². The maximum atomic E-state index is 4.54. The van der Waals surface area contributed by atoms with Gasteiger partial charge in [-0.05, 0) is 56.6 Å². The van der Waals surface area contributed by atoms with Crippen molar-refractivity contribution in [3.8, 4) is 0 Å². The van der Waals surface area contributed by atoms with Gasteiger partial charge >= 0.3 is 0 Å². The molecular weight excluding hydrogens is 210 g/mol. The fraction of sp³-hybridized carbons (Fsp3) is 0.786. The van der Waals surface area contributed by atoms with Crippen LogP contribution in [0.4, 0.5) is 0 Å². The SMILES string of the molecule is CNC(CC1CC2CCC1C2)c1ccn(C)n1. The van der Waals surface area contributed by atoms with Crippen LogP contribution in [0.1, 0.15) is 43.8 Å². The average molecular weight is 233 g/mol. The molecular formula is C14H23N3. The van der Waals surface area contributed by atoms with Gasteiger partial charge in [0, 0.05) is 13.2 Å². The monoisotopic (exact) mass is 233 g/mol. The predicted octanol–water partition coefficient (Wildman–Crippen LogP) is 2.51. The van der Waals surface area contributed by atoms with Gasteiger partial charge in [-0.1, -0.05) is 6.42 Å². The number of fused-ring (bicyclic) bond motifs is 2. The van der Waals surface area contributed by atoms with Crippen LogP contribution in [0.5, 0.6) is 0 Å². The fourth-order valence-corrected chi connectivity index (χ4v) is 3.97. The zero-order valence-electron chi connectivity index (χ0n) is 10.9. The lowest BCUT2D eigenvalue weighted by Gasteiger charge is -2.25. The number of rotatable bonds is 4. The van der Waals surface area contributed by atoms with E-state index in [-0.39, 0.29) is 0 Å². The van der Waals surface area contributed by atoms with Crippen molar-refractivity contribution in [2.45, 2.75) is 38.1 Å². The molecule has 0 radical (unpaired) electrons. The van der Waals surface area contributed by atoms with Gasteiger partial charge in [0.05, 0.1) is 11.7 Å². The van der Waals surface area contributed by atoms with E-state index in [1.54, 1.807) is 0 Å². The van der Waals surface area contributed by atoms with E-state index in [4.69, 9.17) is 0 Å². The quantitative estimate of drug-likeness (QED) is 0.866. The normalized spacial score (nSPS) is 33.2. The molecule has 1 N–H and O–H groups in total. The van der Waals surface area contributed by atoms with Crippen LogP contribution >= 0.6 is 0 Å². The molecule has 4 atom stereocenters. The summed E-state index contributed by atoms with van der Waals surface area (Å²) in [6, 6.07) is 2.59. The van der Waals surface area contributed by atoms with Crippen LogP contribution in [0.15, 0.2) is 12.3 Å². The van der Waals surface area contributed by atoms with E-state index in [1.807, 2.05) is 17.9 Å². The molecule has 4 unspecified atom stereocenters. The molecule has 0 amide bonds. The van der Waals surface area contributed by atoms with Crippen molar-refractivity contribution >= 4 is 0 Å². The van der Waals surface area contributed by atoms with Gasteiger partial charge in [0.15, 0.2) is 0 Å². The first-order valence-corrected chi connectivity index (χ1v) is 6.93. The average Bonchev–Trinajstić information content (AvgIpc) is 3.01. The summed E-state index contributed by atoms with van der Waals surface area (Å²) in [5.41, 5.74) is 1.21. The van der Waals surface area contributed by atoms with Crippen LogP contribution in [0.25, 0.3) is 0 Å². The molecule has 3 rings (SSSR count). The highest BCUT2D eigenvalue weighted by molar-refractivity contribution is 5.06. The summed E-state index contributed by atoms with van der Waals surface area (Å²) in [5.74, 6) is 3.00. The van der Waals surface area contributed by atoms with Gasteiger partial charge in [-0.2, -0.15) is 5.10 Å². The Bertz CT molecular complexity index is 385. The molecule has 1 aromatic heterocycles. The van der Waals surface area contributed by atoms with Gasteiger partial charge in [-0.25, -0.2) is 0 Å². The molecule has 94 valence electrons. The third kappa shape index (κ3) is 2.13. The molecule has 2 saturated carbocycles. The lowest BCUT2D eigenvalue weighted by Crippen LogP contribution is -2.23. The maximum Gasteiger partial charge on any atom is 0.0793 e. The van der Waals surface area contributed by atoms with Crippen molar-refractivity contribution in [1.82, 2.24) is 15.1 Å². The largest absolute Gasteiger partial charge is 0.312 e. The van der Waals surface area contributed by atoms with E-state index >= 15 is 0 Å². The smallest absolute Gasteiger partial charge is 0.0793 e. The first-order valence-electron chi connectivity index (χ1n) is 6.93. The van der Waals surface area contributed by atoms with Crippen molar-refractivity contribution in [3.63, 3.8) is 0 Å². The van der Waals surface area contributed by atoms with Crippen molar-refractivity contribution < 1.29 is 0 Å². The van der Waals surface area contributed by atoms with E-state index < -0.39 is 0 Å². The standard InChI is InChI=1S/C14H23N3/c1-15-14(13-5-6-17(2)16-13)9-12-8-10-3-4-11(12)7-10/h5-6,10-12,14-15H,3-4,7-9H2,1-2H3. The van der Waals surface area contributed by atoms with Crippen LogP contribution in [0, 0.1) is 17.8 Å². The molecule has 17 heavy (non-hydrogen) atoms. The van der Waals surface area contributed by atoms with Crippen molar-refractivity contribution in [1.29, 1.82) is 0 Å². The Kier molecular flexibility index (Phi) is 2.95. The highest BCUT2D eigenvalue weighted by atomic mass is 15.3. The van der Waals surface area contributed by atoms with Gasteiger partial charge in [0.1, 0.15) is 0 Å². The Morgan fingerprint density at radius 3 is 2.88 bits per heavy atom. The predicted molar refractivity (Wildman–Crippen MR) is 68.6 cm³/mol. The molecule has 3 nitrogen and oxygen atoms in total. The van der Waals surface area contributed by atoms with Crippen LogP contribution in [-0.2, 0) is 7.05 Å². The molecule has 3 heteroatoms. The molecule has 1 heterocycles. The first-order chi connectivity index (χ1) is 8.26. The second-order valence-corrected chi connectivity index (χ2v) is 5.93. The molecule has 1 aromatic rings. The summed E-state index contributed by atoms with van der Waals surface area (Å²) in [6.07, 6.45) is 9.26. The van der Waals surface area contributed by atoms with Gasteiger partial charge in [-0.3, -0.25) is 4.68 Å². The Labute approximate surface area is 104 Å². The zero-order chi connectivity index (χ0) is 11.8. The molecule has 0 spiro atoms. The summed E-state index contributed by atoms with van der Waals surface area (Å²) in [7, 11) is 4.06.